The van der Waals surface area contributed by atoms with E-state index in [2.05, 4.69) is 40.1 Å². The second-order valence-corrected chi connectivity index (χ2v) is 7.88. The molecule has 2 N–H and O–H groups in total. The highest BCUT2D eigenvalue weighted by Crippen LogP contribution is 2.39. The van der Waals surface area contributed by atoms with Crippen molar-refractivity contribution in [3.8, 4) is 0 Å². The molecule has 0 amide bonds. The molecule has 1 aliphatic heterocycles. The third-order valence-corrected chi connectivity index (χ3v) is 6.16. The lowest BCUT2D eigenvalue weighted by atomic mass is 9.82. The number of piperazine rings is 1. The SMILES string of the molecule is Nc1nc2c(c(N3CCN(C4CC4)CC3)n1)CCCC2c1ccccc1. The lowest BCUT2D eigenvalue weighted by Gasteiger charge is -2.37. The van der Waals surface area contributed by atoms with Gasteiger partial charge in [-0.1, -0.05) is 30.3 Å². The molecular formula is C21H27N5. The Hall–Kier alpha value is -2.14. The standard InChI is InChI=1S/C21H27N5/c22-21-23-19-17(15-5-2-1-3-6-15)7-4-8-18(19)20(24-21)26-13-11-25(12-14-26)16-9-10-16/h1-3,5-6,16-17H,4,7-14H2,(H2,22,23,24). The molecule has 0 spiro atoms. The summed E-state index contributed by atoms with van der Waals surface area (Å²) in [4.78, 5) is 14.5. The van der Waals surface area contributed by atoms with Crippen molar-refractivity contribution < 1.29 is 0 Å². The highest BCUT2D eigenvalue weighted by Gasteiger charge is 2.33. The third kappa shape index (κ3) is 2.94. The molecule has 5 rings (SSSR count). The van der Waals surface area contributed by atoms with Gasteiger partial charge < -0.3 is 10.6 Å². The topological polar surface area (TPSA) is 58.3 Å². The van der Waals surface area contributed by atoms with Crippen molar-refractivity contribution in [1.29, 1.82) is 0 Å². The fourth-order valence-electron chi connectivity index (χ4n) is 4.66. The van der Waals surface area contributed by atoms with Crippen LogP contribution in [0.3, 0.4) is 0 Å². The van der Waals surface area contributed by atoms with E-state index in [4.69, 9.17) is 15.7 Å². The number of benzene rings is 1. The molecule has 0 bridgehead atoms. The van der Waals surface area contributed by atoms with Crippen molar-refractivity contribution in [2.24, 2.45) is 0 Å². The maximum atomic E-state index is 6.16. The summed E-state index contributed by atoms with van der Waals surface area (Å²) in [5.74, 6) is 1.87. The molecule has 1 aromatic carbocycles. The van der Waals surface area contributed by atoms with Crippen LogP contribution in [0.5, 0.6) is 0 Å². The normalized spacial score (nSPS) is 23.7. The van der Waals surface area contributed by atoms with E-state index < -0.39 is 0 Å². The van der Waals surface area contributed by atoms with Gasteiger partial charge in [-0.3, -0.25) is 4.90 Å². The van der Waals surface area contributed by atoms with E-state index in [-0.39, 0.29) is 0 Å². The van der Waals surface area contributed by atoms with Crippen LogP contribution in [-0.2, 0) is 6.42 Å². The predicted octanol–water partition coefficient (Wildman–Crippen LogP) is 2.81. The first-order valence-electron chi connectivity index (χ1n) is 10.00. The molecule has 3 aliphatic rings. The molecule has 5 heteroatoms. The predicted molar refractivity (Wildman–Crippen MR) is 104 cm³/mol. The molecule has 136 valence electrons. The molecule has 2 heterocycles. The van der Waals surface area contributed by atoms with Crippen LogP contribution in [-0.4, -0.2) is 47.1 Å². The summed E-state index contributed by atoms with van der Waals surface area (Å²) in [6.07, 6.45) is 6.16. The summed E-state index contributed by atoms with van der Waals surface area (Å²) in [6, 6.07) is 11.6. The number of nitrogens with two attached hydrogens (primary N) is 1. The highest BCUT2D eigenvalue weighted by molar-refractivity contribution is 5.55. The van der Waals surface area contributed by atoms with Crippen molar-refractivity contribution in [2.75, 3.05) is 36.8 Å². The molecule has 1 saturated carbocycles. The zero-order valence-corrected chi connectivity index (χ0v) is 15.3. The average Bonchev–Trinajstić information content (AvgIpc) is 3.53. The number of rotatable bonds is 3. The second kappa shape index (κ2) is 6.54. The Balaban J connectivity index is 1.47. The summed E-state index contributed by atoms with van der Waals surface area (Å²) < 4.78 is 0. The van der Waals surface area contributed by atoms with Crippen LogP contribution in [0.4, 0.5) is 11.8 Å². The van der Waals surface area contributed by atoms with Crippen LogP contribution in [0.1, 0.15) is 48.4 Å². The Bertz CT molecular complexity index is 778. The van der Waals surface area contributed by atoms with Crippen LogP contribution in [0.25, 0.3) is 0 Å². The summed E-state index contributed by atoms with van der Waals surface area (Å²) in [5.41, 5.74) is 9.99. The second-order valence-electron chi connectivity index (χ2n) is 7.88. The van der Waals surface area contributed by atoms with Crippen LogP contribution < -0.4 is 10.6 Å². The van der Waals surface area contributed by atoms with E-state index in [0.717, 1.165) is 56.6 Å². The highest BCUT2D eigenvalue weighted by atomic mass is 15.3. The van der Waals surface area contributed by atoms with Gasteiger partial charge in [0.05, 0.1) is 5.69 Å². The molecule has 1 aromatic heterocycles. The number of nitrogen functional groups attached to an aromatic ring is 1. The zero-order valence-electron chi connectivity index (χ0n) is 15.3. The number of fused-ring (bicyclic) bond motifs is 1. The van der Waals surface area contributed by atoms with Gasteiger partial charge in [0.2, 0.25) is 5.95 Å². The smallest absolute Gasteiger partial charge is 0.222 e. The summed E-state index contributed by atoms with van der Waals surface area (Å²) in [5, 5.41) is 0. The number of anilines is 2. The Labute approximate surface area is 155 Å². The van der Waals surface area contributed by atoms with E-state index in [9.17, 15) is 0 Å². The Morgan fingerprint density at radius 1 is 0.923 bits per heavy atom. The van der Waals surface area contributed by atoms with Crippen LogP contribution in [0, 0.1) is 0 Å². The average molecular weight is 349 g/mol. The Kier molecular flexibility index (Phi) is 4.04. The van der Waals surface area contributed by atoms with Gasteiger partial charge in [0.25, 0.3) is 0 Å². The van der Waals surface area contributed by atoms with Gasteiger partial charge in [0.1, 0.15) is 5.82 Å². The third-order valence-electron chi connectivity index (χ3n) is 6.16. The maximum Gasteiger partial charge on any atom is 0.222 e. The van der Waals surface area contributed by atoms with Gasteiger partial charge in [-0.2, -0.15) is 4.98 Å². The first-order valence-corrected chi connectivity index (χ1v) is 10.00. The van der Waals surface area contributed by atoms with Gasteiger partial charge in [0, 0.05) is 43.7 Å². The molecular weight excluding hydrogens is 322 g/mol. The quantitative estimate of drug-likeness (QED) is 0.923. The van der Waals surface area contributed by atoms with Crippen molar-refractivity contribution in [1.82, 2.24) is 14.9 Å². The van der Waals surface area contributed by atoms with Crippen molar-refractivity contribution in [3.63, 3.8) is 0 Å². The minimum Gasteiger partial charge on any atom is -0.368 e. The van der Waals surface area contributed by atoms with E-state index in [0.29, 0.717) is 11.9 Å². The Morgan fingerprint density at radius 2 is 1.69 bits per heavy atom. The van der Waals surface area contributed by atoms with Crippen LogP contribution in [0.2, 0.25) is 0 Å². The minimum absolute atomic E-state index is 0.344. The molecule has 2 aliphatic carbocycles. The van der Waals surface area contributed by atoms with E-state index in [1.54, 1.807) is 0 Å². The van der Waals surface area contributed by atoms with Gasteiger partial charge >= 0.3 is 0 Å². The monoisotopic (exact) mass is 349 g/mol. The molecule has 2 aromatic rings. The number of hydrogen-bond donors (Lipinski definition) is 1. The number of hydrogen-bond acceptors (Lipinski definition) is 5. The van der Waals surface area contributed by atoms with Crippen LogP contribution in [0.15, 0.2) is 30.3 Å². The minimum atomic E-state index is 0.344. The molecule has 0 radical (unpaired) electrons. The van der Waals surface area contributed by atoms with Gasteiger partial charge in [-0.15, -0.1) is 0 Å². The summed E-state index contributed by atoms with van der Waals surface area (Å²) in [6.45, 7) is 4.39. The van der Waals surface area contributed by atoms with E-state index in [1.807, 2.05) is 0 Å². The van der Waals surface area contributed by atoms with Gasteiger partial charge in [-0.25, -0.2) is 4.98 Å². The van der Waals surface area contributed by atoms with E-state index >= 15 is 0 Å². The van der Waals surface area contributed by atoms with E-state index in [1.165, 1.54) is 30.4 Å². The van der Waals surface area contributed by atoms with Crippen molar-refractivity contribution in [3.05, 3.63) is 47.2 Å². The Morgan fingerprint density at radius 3 is 2.42 bits per heavy atom. The largest absolute Gasteiger partial charge is 0.368 e. The molecule has 1 saturated heterocycles. The summed E-state index contributed by atoms with van der Waals surface area (Å²) >= 11 is 0. The fraction of sp³-hybridized carbons (Fsp3) is 0.524. The summed E-state index contributed by atoms with van der Waals surface area (Å²) in [7, 11) is 0. The van der Waals surface area contributed by atoms with Gasteiger partial charge in [0.15, 0.2) is 0 Å². The van der Waals surface area contributed by atoms with Crippen molar-refractivity contribution in [2.45, 2.75) is 44.1 Å². The molecule has 1 unspecified atom stereocenters. The first-order chi connectivity index (χ1) is 12.8. The zero-order chi connectivity index (χ0) is 17.5. The molecule has 26 heavy (non-hydrogen) atoms. The molecule has 5 nitrogen and oxygen atoms in total. The number of aromatic nitrogens is 2. The molecule has 1 atom stereocenters. The first kappa shape index (κ1) is 16.1. The van der Waals surface area contributed by atoms with Crippen molar-refractivity contribution >= 4 is 11.8 Å². The maximum absolute atomic E-state index is 6.16. The molecule has 2 fully saturated rings. The van der Waals surface area contributed by atoms with Gasteiger partial charge in [-0.05, 0) is 37.7 Å². The van der Waals surface area contributed by atoms with Crippen LogP contribution >= 0.6 is 0 Å². The lowest BCUT2D eigenvalue weighted by molar-refractivity contribution is 0.247. The lowest BCUT2D eigenvalue weighted by Crippen LogP contribution is -2.48. The fourth-order valence-corrected chi connectivity index (χ4v) is 4.66. The number of nitrogens with zero attached hydrogens (tertiary/aromatic N) is 4.